The van der Waals surface area contributed by atoms with E-state index >= 15 is 0 Å². The Balaban J connectivity index is 1.54. The number of nitrogens with one attached hydrogen (secondary N) is 1. The number of rotatable bonds is 6. The molecular weight excluding hydrogens is 440 g/mol. The van der Waals surface area contributed by atoms with Crippen LogP contribution < -0.4 is 5.32 Å². The van der Waals surface area contributed by atoms with E-state index in [2.05, 4.69) is 10.2 Å². The van der Waals surface area contributed by atoms with Gasteiger partial charge in [-0.1, -0.05) is 18.2 Å². The second-order valence-electron chi connectivity index (χ2n) is 8.01. The van der Waals surface area contributed by atoms with E-state index in [4.69, 9.17) is 4.74 Å². The van der Waals surface area contributed by atoms with Crippen LogP contribution in [0.2, 0.25) is 0 Å². The monoisotopic (exact) mass is 468 g/mol. The van der Waals surface area contributed by atoms with Gasteiger partial charge in [-0.15, -0.1) is 0 Å². The van der Waals surface area contributed by atoms with Gasteiger partial charge in [0, 0.05) is 51.0 Å². The summed E-state index contributed by atoms with van der Waals surface area (Å²) >= 11 is 1.51. The lowest BCUT2D eigenvalue weighted by atomic mass is 9.96. The van der Waals surface area contributed by atoms with Crippen LogP contribution in [0.15, 0.2) is 58.4 Å². The molecule has 1 saturated heterocycles. The molecule has 0 bridgehead atoms. The van der Waals surface area contributed by atoms with Crippen molar-refractivity contribution in [3.05, 3.63) is 69.6 Å². The summed E-state index contributed by atoms with van der Waals surface area (Å²) in [5.74, 6) is -0.401. The van der Waals surface area contributed by atoms with Crippen molar-refractivity contribution in [2.24, 2.45) is 0 Å². The largest absolute Gasteiger partial charge is 0.463 e. The first-order valence-corrected chi connectivity index (χ1v) is 12.0. The van der Waals surface area contributed by atoms with E-state index in [9.17, 15) is 14.4 Å². The zero-order valence-electron chi connectivity index (χ0n) is 18.8. The van der Waals surface area contributed by atoms with Crippen molar-refractivity contribution in [3.8, 4) is 0 Å². The summed E-state index contributed by atoms with van der Waals surface area (Å²) in [4.78, 5) is 44.0. The molecule has 0 aliphatic carbocycles. The molecule has 3 amide bonds. The van der Waals surface area contributed by atoms with Crippen LogP contribution in [0.1, 0.15) is 28.9 Å². The van der Waals surface area contributed by atoms with Crippen molar-refractivity contribution in [1.82, 2.24) is 20.0 Å². The molecule has 1 N–H and O–H groups in total. The normalized spacial score (nSPS) is 19.5. The maximum absolute atomic E-state index is 13.0. The fourth-order valence-corrected chi connectivity index (χ4v) is 4.86. The predicted molar refractivity (Wildman–Crippen MR) is 126 cm³/mol. The van der Waals surface area contributed by atoms with Crippen LogP contribution >= 0.6 is 11.3 Å². The molecule has 33 heavy (non-hydrogen) atoms. The third-order valence-electron chi connectivity index (χ3n) is 6.00. The van der Waals surface area contributed by atoms with Crippen molar-refractivity contribution >= 4 is 29.2 Å². The third-order valence-corrected chi connectivity index (χ3v) is 6.70. The highest BCUT2D eigenvalue weighted by Crippen LogP contribution is 2.32. The Morgan fingerprint density at radius 1 is 1.12 bits per heavy atom. The molecule has 1 aromatic heterocycles. The number of esters is 1. The SMILES string of the molecule is CCOC(=O)C1=C(CN2CCN(C(=O)c3ccccc3)CC2)N(C)C(=O)N[C@H]1c1ccsc1. The Kier molecular flexibility index (Phi) is 7.10. The number of hydrogen-bond donors (Lipinski definition) is 1. The highest BCUT2D eigenvalue weighted by Gasteiger charge is 2.38. The second kappa shape index (κ2) is 10.2. The molecule has 1 aromatic carbocycles. The quantitative estimate of drug-likeness (QED) is 0.660. The van der Waals surface area contributed by atoms with E-state index in [-0.39, 0.29) is 18.5 Å². The standard InChI is InChI=1S/C24H28N4O4S/c1-3-32-23(30)20-19(26(2)24(31)25-21(20)18-9-14-33-16-18)15-27-10-12-28(13-11-27)22(29)17-7-5-4-6-8-17/h4-9,14,16,21H,3,10-13,15H2,1-2H3,(H,25,31)/t21-/m0/s1. The van der Waals surface area contributed by atoms with Crippen LogP contribution in [-0.2, 0) is 9.53 Å². The Morgan fingerprint density at radius 3 is 2.48 bits per heavy atom. The van der Waals surface area contributed by atoms with Gasteiger partial charge in [0.1, 0.15) is 0 Å². The van der Waals surface area contributed by atoms with Gasteiger partial charge in [0.15, 0.2) is 0 Å². The van der Waals surface area contributed by atoms with Crippen LogP contribution in [0.4, 0.5) is 4.79 Å². The van der Waals surface area contributed by atoms with Gasteiger partial charge in [-0.25, -0.2) is 9.59 Å². The molecule has 1 atom stereocenters. The molecule has 1 fully saturated rings. The van der Waals surface area contributed by atoms with Gasteiger partial charge in [-0.2, -0.15) is 11.3 Å². The Labute approximate surface area is 197 Å². The number of benzene rings is 1. The molecule has 0 spiro atoms. The van der Waals surface area contributed by atoms with E-state index < -0.39 is 12.0 Å². The smallest absolute Gasteiger partial charge is 0.338 e. The lowest BCUT2D eigenvalue weighted by molar-refractivity contribution is -0.139. The first kappa shape index (κ1) is 23.0. The number of ether oxygens (including phenoxy) is 1. The molecule has 8 nitrogen and oxygen atoms in total. The number of urea groups is 1. The van der Waals surface area contributed by atoms with E-state index in [1.165, 1.54) is 16.2 Å². The zero-order chi connectivity index (χ0) is 23.4. The number of carbonyl (C=O) groups is 3. The summed E-state index contributed by atoms with van der Waals surface area (Å²) in [5.41, 5.74) is 2.64. The Hall–Kier alpha value is -3.17. The number of amides is 3. The van der Waals surface area contributed by atoms with Crippen LogP contribution in [0.25, 0.3) is 0 Å². The summed E-state index contributed by atoms with van der Waals surface area (Å²) in [5, 5.41) is 6.78. The Bertz CT molecular complexity index is 1030. The first-order valence-electron chi connectivity index (χ1n) is 11.0. The number of thiophene rings is 1. The highest BCUT2D eigenvalue weighted by molar-refractivity contribution is 7.08. The van der Waals surface area contributed by atoms with Crippen molar-refractivity contribution in [3.63, 3.8) is 0 Å². The third kappa shape index (κ3) is 4.94. The predicted octanol–water partition coefficient (Wildman–Crippen LogP) is 2.72. The van der Waals surface area contributed by atoms with E-state index in [1.54, 1.807) is 14.0 Å². The average Bonchev–Trinajstić information content (AvgIpc) is 3.37. The number of carbonyl (C=O) groups excluding carboxylic acids is 3. The highest BCUT2D eigenvalue weighted by atomic mass is 32.1. The van der Waals surface area contributed by atoms with Gasteiger partial charge < -0.3 is 15.0 Å². The number of hydrogen-bond acceptors (Lipinski definition) is 6. The van der Waals surface area contributed by atoms with Crippen LogP contribution in [0.3, 0.4) is 0 Å². The summed E-state index contributed by atoms with van der Waals surface area (Å²) in [7, 11) is 1.67. The maximum atomic E-state index is 13.0. The van der Waals surface area contributed by atoms with Gasteiger partial charge in [0.2, 0.25) is 0 Å². The molecule has 2 aliphatic heterocycles. The zero-order valence-corrected chi connectivity index (χ0v) is 19.6. The number of likely N-dealkylation sites (N-methyl/N-ethyl adjacent to an activating group) is 1. The molecule has 0 saturated carbocycles. The summed E-state index contributed by atoms with van der Waals surface area (Å²) in [6.07, 6.45) is 0. The van der Waals surface area contributed by atoms with Gasteiger partial charge in [-0.3, -0.25) is 14.6 Å². The number of nitrogens with zero attached hydrogens (tertiary/aromatic N) is 3. The topological polar surface area (TPSA) is 82.2 Å². The first-order chi connectivity index (χ1) is 16.0. The minimum atomic E-state index is -0.546. The van der Waals surface area contributed by atoms with E-state index in [0.717, 1.165) is 5.56 Å². The lowest BCUT2D eigenvalue weighted by Crippen LogP contribution is -2.53. The molecular formula is C24H28N4O4S. The van der Waals surface area contributed by atoms with Gasteiger partial charge in [0.25, 0.3) is 5.91 Å². The van der Waals surface area contributed by atoms with Crippen LogP contribution in [-0.4, -0.2) is 79.0 Å². The van der Waals surface area contributed by atoms with Crippen molar-refractivity contribution < 1.29 is 19.1 Å². The van der Waals surface area contributed by atoms with Crippen molar-refractivity contribution in [2.75, 3.05) is 46.4 Å². The summed E-state index contributed by atoms with van der Waals surface area (Å²) in [6, 6.07) is 10.4. The lowest BCUT2D eigenvalue weighted by Gasteiger charge is -2.39. The maximum Gasteiger partial charge on any atom is 0.338 e. The number of piperazine rings is 1. The fourth-order valence-electron chi connectivity index (χ4n) is 4.17. The molecule has 174 valence electrons. The van der Waals surface area contributed by atoms with E-state index in [1.807, 2.05) is 52.1 Å². The molecule has 0 radical (unpaired) electrons. The minimum absolute atomic E-state index is 0.0216. The molecule has 4 rings (SSSR count). The Morgan fingerprint density at radius 2 is 1.85 bits per heavy atom. The summed E-state index contributed by atoms with van der Waals surface area (Å²) in [6.45, 7) is 4.91. The second-order valence-corrected chi connectivity index (χ2v) is 8.79. The summed E-state index contributed by atoms with van der Waals surface area (Å²) < 4.78 is 5.37. The van der Waals surface area contributed by atoms with Crippen LogP contribution in [0, 0.1) is 0 Å². The van der Waals surface area contributed by atoms with Crippen LogP contribution in [0.5, 0.6) is 0 Å². The molecule has 2 aliphatic rings. The molecule has 2 aromatic rings. The minimum Gasteiger partial charge on any atom is -0.463 e. The van der Waals surface area contributed by atoms with Gasteiger partial charge in [-0.05, 0) is 41.4 Å². The molecule has 0 unspecified atom stereocenters. The van der Waals surface area contributed by atoms with Crippen molar-refractivity contribution in [1.29, 1.82) is 0 Å². The van der Waals surface area contributed by atoms with Crippen molar-refractivity contribution in [2.45, 2.75) is 13.0 Å². The average molecular weight is 469 g/mol. The molecule has 3 heterocycles. The molecule has 9 heteroatoms. The van der Waals surface area contributed by atoms with Gasteiger partial charge in [0.05, 0.1) is 18.2 Å². The van der Waals surface area contributed by atoms with E-state index in [0.29, 0.717) is 49.6 Å². The fraction of sp³-hybridized carbons (Fsp3) is 0.375. The van der Waals surface area contributed by atoms with Gasteiger partial charge >= 0.3 is 12.0 Å².